The van der Waals surface area contributed by atoms with Gasteiger partial charge in [-0.3, -0.25) is 4.90 Å². The molecule has 0 aromatic heterocycles. The van der Waals surface area contributed by atoms with E-state index in [2.05, 4.69) is 6.04 Å². The maximum atomic E-state index is 5.09. The van der Waals surface area contributed by atoms with E-state index in [1.807, 2.05) is 24.3 Å². The molecule has 1 heterocycles. The third-order valence-electron chi connectivity index (χ3n) is 1.04. The Labute approximate surface area is 49.4 Å². The van der Waals surface area contributed by atoms with Crippen molar-refractivity contribution in [3.05, 3.63) is 12.4 Å². The summed E-state index contributed by atoms with van der Waals surface area (Å²) in [4.78, 5) is 3.79. The van der Waals surface area contributed by atoms with Crippen LogP contribution in [0.25, 0.3) is 0 Å². The van der Waals surface area contributed by atoms with Crippen molar-refractivity contribution in [1.82, 2.24) is 9.80 Å². The summed E-state index contributed by atoms with van der Waals surface area (Å²) in [6.07, 6.45) is 8.91. The van der Waals surface area contributed by atoms with Crippen molar-refractivity contribution in [3.63, 3.8) is 0 Å². The lowest BCUT2D eigenvalue weighted by Gasteiger charge is -2.09. The normalized spacial score (nSPS) is 17.0. The molecule has 0 aromatic carbocycles. The molecule has 0 saturated heterocycles. The Morgan fingerprint density at radius 1 is 1.62 bits per heavy atom. The molecule has 8 heavy (non-hydrogen) atoms. The van der Waals surface area contributed by atoms with Crippen LogP contribution in [0.2, 0.25) is 0 Å². The van der Waals surface area contributed by atoms with Crippen LogP contribution < -0.4 is 0 Å². The first-order valence-electron chi connectivity index (χ1n) is 2.44. The maximum absolute atomic E-state index is 5.09. The number of terminal acetylenes is 1. The standard InChI is InChI=1S/C6H8N2/c1-3-8-5-4-7(2)6-8/h1,4-5H,6H2,2H3. The van der Waals surface area contributed by atoms with Gasteiger partial charge in [0.2, 0.25) is 0 Å². The molecule has 0 N–H and O–H groups in total. The zero-order valence-corrected chi connectivity index (χ0v) is 4.83. The van der Waals surface area contributed by atoms with Gasteiger partial charge >= 0.3 is 0 Å². The molecule has 0 bridgehead atoms. The molecule has 2 heteroatoms. The first kappa shape index (κ1) is 5.04. The monoisotopic (exact) mass is 108 g/mol. The molecule has 0 spiro atoms. The fourth-order valence-electron chi connectivity index (χ4n) is 0.613. The summed E-state index contributed by atoms with van der Waals surface area (Å²) in [6.45, 7) is 0.816. The van der Waals surface area contributed by atoms with Crippen LogP contribution in [-0.2, 0) is 0 Å². The highest BCUT2D eigenvalue weighted by Crippen LogP contribution is 1.99. The fourth-order valence-corrected chi connectivity index (χ4v) is 0.613. The Kier molecular flexibility index (Phi) is 1.13. The summed E-state index contributed by atoms with van der Waals surface area (Å²) in [5, 5.41) is 0. The Morgan fingerprint density at radius 2 is 2.38 bits per heavy atom. The topological polar surface area (TPSA) is 6.48 Å². The second-order valence-corrected chi connectivity index (χ2v) is 1.80. The summed E-state index contributed by atoms with van der Waals surface area (Å²) in [5.74, 6) is 0. The zero-order valence-electron chi connectivity index (χ0n) is 4.83. The van der Waals surface area contributed by atoms with Gasteiger partial charge in [0.25, 0.3) is 0 Å². The molecule has 42 valence electrons. The van der Waals surface area contributed by atoms with Gasteiger partial charge in [-0.05, 0) is 0 Å². The second-order valence-electron chi connectivity index (χ2n) is 1.80. The average Bonchev–Trinajstić information content (AvgIpc) is 2.14. The van der Waals surface area contributed by atoms with Crippen molar-refractivity contribution in [2.24, 2.45) is 0 Å². The van der Waals surface area contributed by atoms with E-state index in [-0.39, 0.29) is 0 Å². The van der Waals surface area contributed by atoms with Gasteiger partial charge < -0.3 is 4.90 Å². The third-order valence-corrected chi connectivity index (χ3v) is 1.04. The Morgan fingerprint density at radius 3 is 2.62 bits per heavy atom. The minimum Gasteiger partial charge on any atom is -0.361 e. The number of hydrogen-bond acceptors (Lipinski definition) is 2. The van der Waals surface area contributed by atoms with Gasteiger partial charge in [-0.2, -0.15) is 0 Å². The van der Waals surface area contributed by atoms with Gasteiger partial charge in [0, 0.05) is 25.5 Å². The summed E-state index contributed by atoms with van der Waals surface area (Å²) in [5.41, 5.74) is 0. The summed E-state index contributed by atoms with van der Waals surface area (Å²) in [6, 6.07) is 2.50. The van der Waals surface area contributed by atoms with E-state index >= 15 is 0 Å². The SMILES string of the molecule is C#CN1C=CN(C)C1. The lowest BCUT2D eigenvalue weighted by atomic mass is 10.8. The lowest BCUT2D eigenvalue weighted by Crippen LogP contribution is -2.17. The summed E-state index contributed by atoms with van der Waals surface area (Å²) >= 11 is 0. The molecule has 0 aliphatic carbocycles. The van der Waals surface area contributed by atoms with Crippen LogP contribution in [0.4, 0.5) is 0 Å². The highest BCUT2D eigenvalue weighted by Gasteiger charge is 2.02. The maximum Gasteiger partial charge on any atom is 0.101 e. The van der Waals surface area contributed by atoms with E-state index in [9.17, 15) is 0 Å². The van der Waals surface area contributed by atoms with Crippen molar-refractivity contribution in [1.29, 1.82) is 0 Å². The fraction of sp³-hybridized carbons (Fsp3) is 0.333. The van der Waals surface area contributed by atoms with Gasteiger partial charge in [0.1, 0.15) is 6.67 Å². The smallest absolute Gasteiger partial charge is 0.101 e. The quantitative estimate of drug-likeness (QED) is 0.410. The van der Waals surface area contributed by atoms with Crippen molar-refractivity contribution in [2.45, 2.75) is 0 Å². The van der Waals surface area contributed by atoms with Crippen LogP contribution in [0.5, 0.6) is 0 Å². The highest BCUT2D eigenvalue weighted by atomic mass is 15.3. The van der Waals surface area contributed by atoms with Crippen LogP contribution in [0, 0.1) is 12.5 Å². The molecule has 1 rings (SSSR count). The molecule has 0 aromatic rings. The summed E-state index contributed by atoms with van der Waals surface area (Å²) < 4.78 is 0. The first-order valence-corrected chi connectivity index (χ1v) is 2.44. The zero-order chi connectivity index (χ0) is 5.98. The van der Waals surface area contributed by atoms with Gasteiger partial charge in [-0.15, -0.1) is 0 Å². The van der Waals surface area contributed by atoms with Crippen molar-refractivity contribution in [2.75, 3.05) is 13.7 Å². The molecule has 2 nitrogen and oxygen atoms in total. The molecule has 0 radical (unpaired) electrons. The van der Waals surface area contributed by atoms with E-state index in [1.54, 1.807) is 4.90 Å². The van der Waals surface area contributed by atoms with E-state index in [0.29, 0.717) is 0 Å². The molecule has 0 atom stereocenters. The predicted octanol–water partition coefficient (Wildman–Crippen LogP) is 0.253. The van der Waals surface area contributed by atoms with Gasteiger partial charge in [0.15, 0.2) is 0 Å². The van der Waals surface area contributed by atoms with E-state index in [0.717, 1.165) is 6.67 Å². The average molecular weight is 108 g/mol. The predicted molar refractivity (Wildman–Crippen MR) is 32.4 cm³/mol. The number of nitrogens with zero attached hydrogens (tertiary/aromatic N) is 2. The Balaban J connectivity index is 2.49. The Bertz CT molecular complexity index is 143. The van der Waals surface area contributed by atoms with Crippen molar-refractivity contribution >= 4 is 0 Å². The molecule has 1 aliphatic rings. The van der Waals surface area contributed by atoms with Crippen molar-refractivity contribution in [3.8, 4) is 12.5 Å². The third kappa shape index (κ3) is 0.760. The lowest BCUT2D eigenvalue weighted by molar-refractivity contribution is 0.376. The number of rotatable bonds is 0. The molecule has 0 amide bonds. The van der Waals surface area contributed by atoms with Gasteiger partial charge in [-0.1, -0.05) is 6.42 Å². The van der Waals surface area contributed by atoms with E-state index < -0.39 is 0 Å². The second kappa shape index (κ2) is 1.79. The minimum atomic E-state index is 0.816. The van der Waals surface area contributed by atoms with Crippen LogP contribution in [0.15, 0.2) is 12.4 Å². The van der Waals surface area contributed by atoms with E-state index in [4.69, 9.17) is 6.42 Å². The molecular weight excluding hydrogens is 100 g/mol. The number of hydrogen-bond donors (Lipinski definition) is 0. The van der Waals surface area contributed by atoms with E-state index in [1.165, 1.54) is 0 Å². The molecule has 1 aliphatic heterocycles. The molecule has 0 fully saturated rings. The van der Waals surface area contributed by atoms with Crippen LogP contribution in [-0.4, -0.2) is 23.5 Å². The van der Waals surface area contributed by atoms with Crippen LogP contribution >= 0.6 is 0 Å². The molecular formula is C6H8N2. The summed E-state index contributed by atoms with van der Waals surface area (Å²) in [7, 11) is 1.98. The Hall–Kier alpha value is -1.10. The minimum absolute atomic E-state index is 0.816. The molecule has 0 saturated carbocycles. The van der Waals surface area contributed by atoms with Gasteiger partial charge in [0.05, 0.1) is 0 Å². The van der Waals surface area contributed by atoms with Gasteiger partial charge in [-0.25, -0.2) is 0 Å². The van der Waals surface area contributed by atoms with Crippen LogP contribution in [0.3, 0.4) is 0 Å². The largest absolute Gasteiger partial charge is 0.361 e. The highest BCUT2D eigenvalue weighted by molar-refractivity contribution is 4.99. The van der Waals surface area contributed by atoms with Crippen LogP contribution in [0.1, 0.15) is 0 Å². The van der Waals surface area contributed by atoms with Crippen molar-refractivity contribution < 1.29 is 0 Å². The molecule has 0 unspecified atom stereocenters. The first-order chi connectivity index (χ1) is 3.83.